The van der Waals surface area contributed by atoms with Gasteiger partial charge in [-0.3, -0.25) is 0 Å². The fraction of sp³-hybridized carbons (Fsp3) is 0.222. The minimum atomic E-state index is -0.812. The molecule has 0 aliphatic carbocycles. The zero-order valence-corrected chi connectivity index (χ0v) is 13.3. The first-order valence-electron chi connectivity index (χ1n) is 7.62. The van der Waals surface area contributed by atoms with Gasteiger partial charge in [-0.2, -0.15) is 0 Å². The molecule has 24 heavy (non-hydrogen) atoms. The summed E-state index contributed by atoms with van der Waals surface area (Å²) in [5.41, 5.74) is 1.33. The quantitative estimate of drug-likeness (QED) is 0.800. The molecule has 2 aromatic rings. The van der Waals surface area contributed by atoms with Gasteiger partial charge in [0.25, 0.3) is 0 Å². The number of anilines is 1. The molecule has 2 N–H and O–H groups in total. The Morgan fingerprint density at radius 3 is 2.38 bits per heavy atom. The lowest BCUT2D eigenvalue weighted by molar-refractivity contribution is -0.145. The Morgan fingerprint density at radius 1 is 1.08 bits per heavy atom. The molecular formula is C18H19FN2O3. The number of amides is 2. The highest BCUT2D eigenvalue weighted by atomic mass is 19.1. The summed E-state index contributed by atoms with van der Waals surface area (Å²) in [6.07, 6.45) is 0.316. The van der Waals surface area contributed by atoms with Crippen LogP contribution >= 0.6 is 0 Å². The molecule has 5 nitrogen and oxygen atoms in total. The highest BCUT2D eigenvalue weighted by Crippen LogP contribution is 2.09. The number of halogens is 1. The van der Waals surface area contributed by atoms with E-state index in [1.807, 2.05) is 30.3 Å². The second-order valence-corrected chi connectivity index (χ2v) is 5.10. The van der Waals surface area contributed by atoms with Crippen molar-refractivity contribution in [3.8, 4) is 0 Å². The van der Waals surface area contributed by atoms with Gasteiger partial charge < -0.3 is 15.4 Å². The van der Waals surface area contributed by atoms with Crippen molar-refractivity contribution in [1.82, 2.24) is 5.32 Å². The summed E-state index contributed by atoms with van der Waals surface area (Å²) in [5, 5.41) is 5.15. The van der Waals surface area contributed by atoms with Crippen molar-refractivity contribution in [2.45, 2.75) is 19.4 Å². The zero-order chi connectivity index (χ0) is 17.4. The molecule has 0 saturated carbocycles. The Morgan fingerprint density at radius 2 is 1.75 bits per heavy atom. The predicted octanol–water partition coefficient (Wildman–Crippen LogP) is 3.12. The van der Waals surface area contributed by atoms with E-state index in [1.165, 1.54) is 24.3 Å². The lowest BCUT2D eigenvalue weighted by atomic mass is 10.1. The number of rotatable bonds is 6. The maximum atomic E-state index is 12.9. The van der Waals surface area contributed by atoms with Crippen LogP contribution in [0.25, 0.3) is 0 Å². The lowest BCUT2D eigenvalue weighted by Crippen LogP contribution is -2.45. The molecule has 2 amide bonds. The van der Waals surface area contributed by atoms with Gasteiger partial charge in [0.05, 0.1) is 6.61 Å². The van der Waals surface area contributed by atoms with Gasteiger partial charge in [-0.1, -0.05) is 30.3 Å². The Balaban J connectivity index is 2.02. The molecule has 2 aromatic carbocycles. The summed E-state index contributed by atoms with van der Waals surface area (Å²) in [7, 11) is 0. The van der Waals surface area contributed by atoms with E-state index in [4.69, 9.17) is 4.74 Å². The normalized spacial score (nSPS) is 11.4. The van der Waals surface area contributed by atoms with Crippen LogP contribution in [0.4, 0.5) is 14.9 Å². The number of carbonyl (C=O) groups excluding carboxylic acids is 2. The Hall–Kier alpha value is -2.89. The van der Waals surface area contributed by atoms with E-state index in [2.05, 4.69) is 10.6 Å². The van der Waals surface area contributed by atoms with Gasteiger partial charge in [0.1, 0.15) is 11.9 Å². The summed E-state index contributed by atoms with van der Waals surface area (Å²) in [4.78, 5) is 24.1. The summed E-state index contributed by atoms with van der Waals surface area (Å²) in [5.74, 6) is -0.898. The number of benzene rings is 2. The molecule has 0 bridgehead atoms. The molecule has 0 radical (unpaired) electrons. The van der Waals surface area contributed by atoms with Crippen LogP contribution in [0.1, 0.15) is 12.5 Å². The molecule has 0 saturated heterocycles. The number of ether oxygens (including phenoxy) is 1. The average molecular weight is 330 g/mol. The topological polar surface area (TPSA) is 67.4 Å². The second-order valence-electron chi connectivity index (χ2n) is 5.10. The van der Waals surface area contributed by atoms with Crippen LogP contribution in [-0.4, -0.2) is 24.6 Å². The van der Waals surface area contributed by atoms with Crippen LogP contribution in [0.2, 0.25) is 0 Å². The monoisotopic (exact) mass is 330 g/mol. The van der Waals surface area contributed by atoms with Crippen molar-refractivity contribution >= 4 is 17.7 Å². The zero-order valence-electron chi connectivity index (χ0n) is 13.3. The molecule has 0 aliphatic rings. The molecule has 126 valence electrons. The smallest absolute Gasteiger partial charge is 0.329 e. The lowest BCUT2D eigenvalue weighted by Gasteiger charge is -2.18. The molecule has 0 aliphatic heterocycles. The number of hydrogen-bond acceptors (Lipinski definition) is 3. The van der Waals surface area contributed by atoms with Crippen LogP contribution in [0, 0.1) is 5.82 Å². The van der Waals surface area contributed by atoms with Gasteiger partial charge in [-0.05, 0) is 36.8 Å². The van der Waals surface area contributed by atoms with Crippen molar-refractivity contribution in [3.63, 3.8) is 0 Å². The number of urea groups is 1. The van der Waals surface area contributed by atoms with Crippen molar-refractivity contribution < 1.29 is 18.7 Å². The number of esters is 1. The van der Waals surface area contributed by atoms with Crippen molar-refractivity contribution in [2.24, 2.45) is 0 Å². The van der Waals surface area contributed by atoms with Gasteiger partial charge in [0.15, 0.2) is 0 Å². The summed E-state index contributed by atoms with van der Waals surface area (Å²) >= 11 is 0. The molecular weight excluding hydrogens is 311 g/mol. The predicted molar refractivity (Wildman–Crippen MR) is 89.1 cm³/mol. The standard InChI is InChI=1S/C18H19FN2O3/c1-2-24-17(22)16(12-13-6-4-3-5-7-13)21-18(23)20-15-10-8-14(19)9-11-15/h3-11,16H,2,12H2,1H3,(H2,20,21,23). The third-order valence-corrected chi connectivity index (χ3v) is 3.26. The highest BCUT2D eigenvalue weighted by molar-refractivity contribution is 5.92. The van der Waals surface area contributed by atoms with Gasteiger partial charge in [-0.25, -0.2) is 14.0 Å². The first-order valence-corrected chi connectivity index (χ1v) is 7.62. The SMILES string of the molecule is CCOC(=O)C(Cc1ccccc1)NC(=O)Nc1ccc(F)cc1. The van der Waals surface area contributed by atoms with Crippen LogP contribution in [0.3, 0.4) is 0 Å². The van der Waals surface area contributed by atoms with Crippen LogP contribution in [0.5, 0.6) is 0 Å². The Kier molecular flexibility index (Phi) is 6.31. The third-order valence-electron chi connectivity index (χ3n) is 3.26. The van der Waals surface area contributed by atoms with E-state index in [0.29, 0.717) is 12.1 Å². The molecule has 0 aromatic heterocycles. The van der Waals surface area contributed by atoms with Gasteiger partial charge in [-0.15, -0.1) is 0 Å². The van der Waals surface area contributed by atoms with Gasteiger partial charge >= 0.3 is 12.0 Å². The van der Waals surface area contributed by atoms with Crippen LogP contribution in [0.15, 0.2) is 54.6 Å². The molecule has 1 unspecified atom stereocenters. The Labute approximate surface area is 139 Å². The van der Waals surface area contributed by atoms with E-state index in [-0.39, 0.29) is 6.61 Å². The van der Waals surface area contributed by atoms with E-state index in [1.54, 1.807) is 6.92 Å². The Bertz CT molecular complexity index is 674. The maximum absolute atomic E-state index is 12.9. The highest BCUT2D eigenvalue weighted by Gasteiger charge is 2.22. The molecule has 6 heteroatoms. The number of carbonyl (C=O) groups is 2. The van der Waals surface area contributed by atoms with E-state index >= 15 is 0 Å². The number of hydrogen-bond donors (Lipinski definition) is 2. The van der Waals surface area contributed by atoms with Crippen molar-refractivity contribution in [1.29, 1.82) is 0 Å². The number of nitrogens with one attached hydrogen (secondary N) is 2. The fourth-order valence-electron chi connectivity index (χ4n) is 2.14. The average Bonchev–Trinajstić information content (AvgIpc) is 2.57. The van der Waals surface area contributed by atoms with Crippen LogP contribution < -0.4 is 10.6 Å². The van der Waals surface area contributed by atoms with Gasteiger partial charge in [0.2, 0.25) is 0 Å². The third kappa shape index (κ3) is 5.39. The fourth-order valence-corrected chi connectivity index (χ4v) is 2.14. The molecule has 1 atom stereocenters. The summed E-state index contributed by atoms with van der Waals surface area (Å²) in [6.45, 7) is 1.93. The van der Waals surface area contributed by atoms with E-state index in [0.717, 1.165) is 5.56 Å². The maximum Gasteiger partial charge on any atom is 0.329 e. The van der Waals surface area contributed by atoms with Crippen molar-refractivity contribution in [3.05, 3.63) is 66.0 Å². The first kappa shape index (κ1) is 17.5. The first-order chi connectivity index (χ1) is 11.6. The van der Waals surface area contributed by atoms with E-state index in [9.17, 15) is 14.0 Å². The largest absolute Gasteiger partial charge is 0.464 e. The molecule has 0 heterocycles. The summed E-state index contributed by atoms with van der Waals surface area (Å²) < 4.78 is 17.9. The molecule has 2 rings (SSSR count). The minimum Gasteiger partial charge on any atom is -0.464 e. The van der Waals surface area contributed by atoms with Crippen LogP contribution in [-0.2, 0) is 16.0 Å². The van der Waals surface area contributed by atoms with E-state index < -0.39 is 23.9 Å². The summed E-state index contributed by atoms with van der Waals surface area (Å²) in [6, 6.07) is 13.3. The minimum absolute atomic E-state index is 0.228. The molecule has 0 spiro atoms. The molecule has 0 fully saturated rings. The van der Waals surface area contributed by atoms with Crippen molar-refractivity contribution in [2.75, 3.05) is 11.9 Å². The van der Waals surface area contributed by atoms with Gasteiger partial charge in [0, 0.05) is 12.1 Å². The second kappa shape index (κ2) is 8.67.